The number of rotatable bonds is 7. The van der Waals surface area contributed by atoms with Crippen molar-refractivity contribution >= 4 is 5.69 Å². The molecule has 0 spiro atoms. The van der Waals surface area contributed by atoms with E-state index in [0.29, 0.717) is 0 Å². The van der Waals surface area contributed by atoms with Crippen LogP contribution in [0.15, 0.2) is 24.3 Å². The first-order valence-electron chi connectivity index (χ1n) is 6.50. The zero-order valence-corrected chi connectivity index (χ0v) is 11.9. The normalized spacial score (nSPS) is 14.1. The van der Waals surface area contributed by atoms with E-state index in [1.165, 1.54) is 0 Å². The predicted octanol–water partition coefficient (Wildman–Crippen LogP) is 2.93. The van der Waals surface area contributed by atoms with E-state index < -0.39 is 0 Å². The van der Waals surface area contributed by atoms with Gasteiger partial charge in [0.05, 0.1) is 13.7 Å². The van der Waals surface area contributed by atoms with Gasteiger partial charge < -0.3 is 14.7 Å². The lowest BCUT2D eigenvalue weighted by molar-refractivity contribution is 0.138. The van der Waals surface area contributed by atoms with Gasteiger partial charge in [0, 0.05) is 30.8 Å². The molecule has 1 aromatic rings. The number of benzene rings is 1. The van der Waals surface area contributed by atoms with Gasteiger partial charge in [-0.25, -0.2) is 0 Å². The van der Waals surface area contributed by atoms with Crippen LogP contribution in [0.5, 0.6) is 5.75 Å². The number of ether oxygens (including phenoxy) is 1. The molecule has 1 N–H and O–H groups in total. The molecule has 1 atom stereocenters. The fraction of sp³-hybridized carbons (Fsp3) is 0.600. The molecule has 0 radical (unpaired) electrons. The minimum atomic E-state index is -0.0490. The van der Waals surface area contributed by atoms with Crippen molar-refractivity contribution in [1.82, 2.24) is 0 Å². The van der Waals surface area contributed by atoms with Crippen molar-refractivity contribution in [2.45, 2.75) is 26.7 Å². The van der Waals surface area contributed by atoms with Crippen molar-refractivity contribution in [3.8, 4) is 5.75 Å². The molecule has 1 unspecified atom stereocenters. The van der Waals surface area contributed by atoms with Gasteiger partial charge in [-0.15, -0.1) is 0 Å². The third-order valence-corrected chi connectivity index (χ3v) is 3.35. The summed E-state index contributed by atoms with van der Waals surface area (Å²) >= 11 is 0. The Kier molecular flexibility index (Phi) is 5.48. The second-order valence-electron chi connectivity index (χ2n) is 5.28. The second-order valence-corrected chi connectivity index (χ2v) is 5.28. The van der Waals surface area contributed by atoms with Crippen LogP contribution in [0.1, 0.15) is 26.7 Å². The summed E-state index contributed by atoms with van der Waals surface area (Å²) < 4.78 is 5.23. The highest BCUT2D eigenvalue weighted by Gasteiger charge is 2.24. The fourth-order valence-corrected chi connectivity index (χ4v) is 2.32. The van der Waals surface area contributed by atoms with Crippen LogP contribution >= 0.6 is 0 Å². The number of nitrogens with zero attached hydrogens (tertiary/aromatic N) is 1. The first-order valence-corrected chi connectivity index (χ1v) is 6.50. The molecule has 1 aromatic carbocycles. The van der Waals surface area contributed by atoms with E-state index in [4.69, 9.17) is 4.74 Å². The van der Waals surface area contributed by atoms with Crippen molar-refractivity contribution in [2.75, 3.05) is 32.2 Å². The van der Waals surface area contributed by atoms with E-state index in [1.54, 1.807) is 7.11 Å². The Morgan fingerprint density at radius 1 is 1.39 bits per heavy atom. The molecule has 0 bridgehead atoms. The zero-order chi connectivity index (χ0) is 13.6. The summed E-state index contributed by atoms with van der Waals surface area (Å²) in [5.74, 6) is 0.862. The molecule has 102 valence electrons. The van der Waals surface area contributed by atoms with Gasteiger partial charge in [-0.3, -0.25) is 0 Å². The van der Waals surface area contributed by atoms with Crippen LogP contribution in [0.25, 0.3) is 0 Å². The maximum Gasteiger partial charge on any atom is 0.120 e. The average Bonchev–Trinajstić information content (AvgIpc) is 2.39. The largest absolute Gasteiger partial charge is 0.497 e. The third-order valence-electron chi connectivity index (χ3n) is 3.35. The summed E-state index contributed by atoms with van der Waals surface area (Å²) in [6, 6.07) is 8.01. The number of anilines is 1. The molecule has 0 amide bonds. The molecule has 18 heavy (non-hydrogen) atoms. The minimum absolute atomic E-state index is 0.0490. The summed E-state index contributed by atoms with van der Waals surface area (Å²) in [7, 11) is 3.73. The Hall–Kier alpha value is -1.22. The fourth-order valence-electron chi connectivity index (χ4n) is 2.32. The molecular formula is C15H25NO2. The molecule has 3 heteroatoms. The highest BCUT2D eigenvalue weighted by atomic mass is 16.5. The molecule has 0 aromatic heterocycles. The second kappa shape index (κ2) is 6.64. The van der Waals surface area contributed by atoms with E-state index in [9.17, 15) is 5.11 Å². The van der Waals surface area contributed by atoms with Crippen molar-refractivity contribution in [3.05, 3.63) is 24.3 Å². The molecule has 0 fully saturated rings. The van der Waals surface area contributed by atoms with E-state index >= 15 is 0 Å². The number of hydrogen-bond donors (Lipinski definition) is 1. The quantitative estimate of drug-likeness (QED) is 0.808. The molecular weight excluding hydrogens is 226 g/mol. The van der Waals surface area contributed by atoms with Gasteiger partial charge in [-0.1, -0.05) is 26.3 Å². The molecule has 0 saturated heterocycles. The van der Waals surface area contributed by atoms with Gasteiger partial charge in [0.1, 0.15) is 5.75 Å². The summed E-state index contributed by atoms with van der Waals surface area (Å²) in [6.07, 6.45) is 2.11. The maximum absolute atomic E-state index is 9.56. The third kappa shape index (κ3) is 3.91. The number of hydrogen-bond acceptors (Lipinski definition) is 3. The van der Waals surface area contributed by atoms with Crippen molar-refractivity contribution in [3.63, 3.8) is 0 Å². The summed E-state index contributed by atoms with van der Waals surface area (Å²) in [5, 5.41) is 9.56. The highest BCUT2D eigenvalue weighted by Crippen LogP contribution is 2.27. The van der Waals surface area contributed by atoms with Crippen molar-refractivity contribution in [2.24, 2.45) is 5.41 Å². The number of methoxy groups -OCH3 is 1. The first kappa shape index (κ1) is 14.8. The Bertz CT molecular complexity index is 367. The Balaban J connectivity index is 2.76. The van der Waals surface area contributed by atoms with Gasteiger partial charge in [0.2, 0.25) is 0 Å². The van der Waals surface area contributed by atoms with Crippen LogP contribution in [0, 0.1) is 5.41 Å². The van der Waals surface area contributed by atoms with E-state index in [2.05, 4.69) is 31.9 Å². The molecule has 0 aliphatic carbocycles. The number of aliphatic hydroxyl groups is 1. The lowest BCUT2D eigenvalue weighted by Crippen LogP contribution is -2.36. The van der Waals surface area contributed by atoms with Crippen LogP contribution in [0.3, 0.4) is 0 Å². The van der Waals surface area contributed by atoms with Gasteiger partial charge in [-0.2, -0.15) is 0 Å². The zero-order valence-electron chi connectivity index (χ0n) is 11.9. The lowest BCUT2D eigenvalue weighted by atomic mass is 9.86. The molecule has 1 rings (SSSR count). The molecule has 0 aliphatic rings. The van der Waals surface area contributed by atoms with Gasteiger partial charge in [-0.05, 0) is 18.6 Å². The van der Waals surface area contributed by atoms with E-state index in [0.717, 1.165) is 30.8 Å². The maximum atomic E-state index is 9.56. The predicted molar refractivity (Wildman–Crippen MR) is 76.4 cm³/mol. The van der Waals surface area contributed by atoms with Gasteiger partial charge >= 0.3 is 0 Å². The Morgan fingerprint density at radius 3 is 2.67 bits per heavy atom. The lowest BCUT2D eigenvalue weighted by Gasteiger charge is -2.33. The molecule has 3 nitrogen and oxygen atoms in total. The van der Waals surface area contributed by atoms with Crippen molar-refractivity contribution in [1.29, 1.82) is 0 Å². The SMILES string of the molecule is CCCC(C)(CO)CN(C)c1cccc(OC)c1. The minimum Gasteiger partial charge on any atom is -0.497 e. The van der Waals surface area contributed by atoms with E-state index in [1.807, 2.05) is 18.2 Å². The summed E-state index contributed by atoms with van der Waals surface area (Å²) in [5.41, 5.74) is 1.07. The van der Waals surface area contributed by atoms with Gasteiger partial charge in [0.15, 0.2) is 0 Å². The first-order chi connectivity index (χ1) is 8.54. The monoisotopic (exact) mass is 251 g/mol. The van der Waals surface area contributed by atoms with Crippen LogP contribution in [-0.4, -0.2) is 32.4 Å². The molecule has 0 heterocycles. The summed E-state index contributed by atoms with van der Waals surface area (Å²) in [6.45, 7) is 5.34. The smallest absolute Gasteiger partial charge is 0.120 e. The standard InChI is InChI=1S/C15H25NO2/c1-5-9-15(2,12-17)11-16(3)13-7-6-8-14(10-13)18-4/h6-8,10,17H,5,9,11-12H2,1-4H3. The molecule has 0 saturated carbocycles. The summed E-state index contributed by atoms with van der Waals surface area (Å²) in [4.78, 5) is 2.17. The molecule has 0 aliphatic heterocycles. The van der Waals surface area contributed by atoms with Crippen LogP contribution in [0.4, 0.5) is 5.69 Å². The highest BCUT2D eigenvalue weighted by molar-refractivity contribution is 5.50. The van der Waals surface area contributed by atoms with Crippen LogP contribution in [0.2, 0.25) is 0 Å². The van der Waals surface area contributed by atoms with E-state index in [-0.39, 0.29) is 12.0 Å². The number of aliphatic hydroxyl groups excluding tert-OH is 1. The van der Waals surface area contributed by atoms with Crippen molar-refractivity contribution < 1.29 is 9.84 Å². The average molecular weight is 251 g/mol. The van der Waals surface area contributed by atoms with Crippen LogP contribution in [-0.2, 0) is 0 Å². The topological polar surface area (TPSA) is 32.7 Å². The Morgan fingerprint density at radius 2 is 2.11 bits per heavy atom. The Labute approximate surface area is 110 Å². The van der Waals surface area contributed by atoms with Gasteiger partial charge in [0.25, 0.3) is 0 Å². The van der Waals surface area contributed by atoms with Crippen LogP contribution < -0.4 is 9.64 Å².